The molecule has 0 nitrogen and oxygen atoms in total. The summed E-state index contributed by atoms with van der Waals surface area (Å²) in [7, 11) is 0. The monoisotopic (exact) mass is 246 g/mol. The maximum absolute atomic E-state index is 13.0. The van der Waals surface area contributed by atoms with Crippen LogP contribution in [-0.4, -0.2) is 0 Å². The summed E-state index contributed by atoms with van der Waals surface area (Å²) in [6.07, 6.45) is 0. The zero-order valence-corrected chi connectivity index (χ0v) is 8.65. The van der Waals surface area contributed by atoms with Crippen molar-refractivity contribution in [2.24, 2.45) is 0 Å². The third-order valence-corrected chi connectivity index (χ3v) is 2.13. The van der Waals surface area contributed by atoms with Gasteiger partial charge in [-0.05, 0) is 12.1 Å². The second-order valence-corrected chi connectivity index (χ2v) is 4.78. The molecule has 1 aromatic carbocycles. The molecule has 0 aliphatic heterocycles. The summed E-state index contributed by atoms with van der Waals surface area (Å²) in [6, 6.07) is 4.09. The fraction of sp³-hybridized carbons (Fsp3) is 0.143. The van der Waals surface area contributed by atoms with E-state index in [0.717, 1.165) is 0 Å². The highest BCUT2D eigenvalue weighted by molar-refractivity contribution is 6.67. The lowest BCUT2D eigenvalue weighted by Gasteiger charge is -2.13. The van der Waals surface area contributed by atoms with Crippen LogP contribution < -0.4 is 0 Å². The van der Waals surface area contributed by atoms with Crippen molar-refractivity contribution in [3.05, 3.63) is 34.6 Å². The molecule has 66 valence electrons. The van der Waals surface area contributed by atoms with Crippen LogP contribution in [0, 0.1) is 5.82 Å². The summed E-state index contributed by atoms with van der Waals surface area (Å²) in [5.74, 6) is -0.623. The van der Waals surface area contributed by atoms with E-state index in [1.807, 2.05) is 0 Å². The third-order valence-electron chi connectivity index (χ3n) is 1.25. The molecule has 0 amide bonds. The van der Waals surface area contributed by atoms with Crippen LogP contribution in [0.2, 0.25) is 5.02 Å². The van der Waals surface area contributed by atoms with Crippen LogP contribution in [-0.2, 0) is 3.79 Å². The van der Waals surface area contributed by atoms with Gasteiger partial charge >= 0.3 is 0 Å². The summed E-state index contributed by atoms with van der Waals surface area (Å²) in [5.41, 5.74) is -0.114. The van der Waals surface area contributed by atoms with Gasteiger partial charge in [-0.1, -0.05) is 52.5 Å². The molecule has 0 heterocycles. The minimum Gasteiger partial charge on any atom is -0.206 e. The molecule has 0 bridgehead atoms. The van der Waals surface area contributed by atoms with E-state index < -0.39 is 9.61 Å². The lowest BCUT2D eigenvalue weighted by Crippen LogP contribution is -2.04. The van der Waals surface area contributed by atoms with E-state index in [0.29, 0.717) is 0 Å². The van der Waals surface area contributed by atoms with E-state index in [-0.39, 0.29) is 10.6 Å². The molecule has 1 rings (SSSR count). The van der Waals surface area contributed by atoms with E-state index in [1.54, 1.807) is 0 Å². The molecule has 5 heteroatoms. The van der Waals surface area contributed by atoms with E-state index in [4.69, 9.17) is 46.4 Å². The van der Waals surface area contributed by atoms with E-state index in [2.05, 4.69) is 0 Å². The number of alkyl halides is 3. The minimum atomic E-state index is -1.82. The maximum Gasteiger partial charge on any atom is 0.220 e. The number of hydrogen-bond donors (Lipinski definition) is 0. The molecular formula is C7H3Cl4F. The van der Waals surface area contributed by atoms with Gasteiger partial charge in [-0.15, -0.1) is 0 Å². The number of hydrogen-bond acceptors (Lipinski definition) is 0. The second-order valence-electron chi connectivity index (χ2n) is 2.09. The SMILES string of the molecule is Fc1cccc(Cl)c1C(Cl)(Cl)Cl. The Morgan fingerprint density at radius 1 is 1.17 bits per heavy atom. The average molecular weight is 248 g/mol. The van der Waals surface area contributed by atoms with Crippen molar-refractivity contribution in [3.63, 3.8) is 0 Å². The molecule has 0 saturated heterocycles. The first-order valence-corrected chi connectivity index (χ1v) is 4.45. The van der Waals surface area contributed by atoms with Crippen LogP contribution in [0.25, 0.3) is 0 Å². The summed E-state index contributed by atoms with van der Waals surface area (Å²) in [5, 5.41) is 0.106. The Bertz CT molecular complexity index is 272. The van der Waals surface area contributed by atoms with Gasteiger partial charge in [-0.2, -0.15) is 0 Å². The molecule has 1 aromatic rings. The molecular weight excluding hydrogens is 245 g/mol. The number of halogens is 5. The highest BCUT2D eigenvalue weighted by Gasteiger charge is 2.29. The molecule has 0 fully saturated rings. The summed E-state index contributed by atoms with van der Waals surface area (Å²) >= 11 is 22.0. The smallest absolute Gasteiger partial charge is 0.206 e. The highest BCUT2D eigenvalue weighted by Crippen LogP contribution is 2.42. The highest BCUT2D eigenvalue weighted by atomic mass is 35.6. The molecule has 0 radical (unpaired) electrons. The standard InChI is InChI=1S/C7H3Cl4F/c8-4-2-1-3-5(12)6(4)7(9,10)11/h1-3H. The molecule has 0 aliphatic rings. The zero-order chi connectivity index (χ0) is 9.35. The largest absolute Gasteiger partial charge is 0.220 e. The molecule has 0 atom stereocenters. The third kappa shape index (κ3) is 2.17. The second kappa shape index (κ2) is 3.59. The summed E-state index contributed by atoms with van der Waals surface area (Å²) in [4.78, 5) is 0. The Morgan fingerprint density at radius 3 is 2.08 bits per heavy atom. The zero-order valence-electron chi connectivity index (χ0n) is 5.62. The predicted octanol–water partition coefficient (Wildman–Crippen LogP) is 4.31. The van der Waals surface area contributed by atoms with Gasteiger partial charge in [0.05, 0.1) is 10.6 Å². The Balaban J connectivity index is 3.31. The first-order valence-electron chi connectivity index (χ1n) is 2.94. The van der Waals surface area contributed by atoms with Gasteiger partial charge in [-0.25, -0.2) is 4.39 Å². The van der Waals surface area contributed by atoms with Crippen molar-refractivity contribution in [3.8, 4) is 0 Å². The van der Waals surface area contributed by atoms with Crippen molar-refractivity contribution in [1.29, 1.82) is 0 Å². The van der Waals surface area contributed by atoms with Crippen molar-refractivity contribution in [2.75, 3.05) is 0 Å². The lowest BCUT2D eigenvalue weighted by atomic mass is 10.2. The molecule has 0 saturated carbocycles. The Morgan fingerprint density at radius 2 is 1.75 bits per heavy atom. The molecule has 0 aromatic heterocycles. The van der Waals surface area contributed by atoms with Crippen LogP contribution in [0.15, 0.2) is 18.2 Å². The topological polar surface area (TPSA) is 0 Å². The van der Waals surface area contributed by atoms with Gasteiger partial charge in [0.25, 0.3) is 0 Å². The molecule has 0 unspecified atom stereocenters. The lowest BCUT2D eigenvalue weighted by molar-refractivity contribution is 0.613. The normalized spacial score (nSPS) is 11.8. The van der Waals surface area contributed by atoms with Crippen molar-refractivity contribution >= 4 is 46.4 Å². The van der Waals surface area contributed by atoms with Crippen LogP contribution in [0.1, 0.15) is 5.56 Å². The first kappa shape index (κ1) is 10.4. The Labute approximate surface area is 89.2 Å². The molecule has 0 spiro atoms. The Kier molecular flexibility index (Phi) is 3.11. The van der Waals surface area contributed by atoms with Gasteiger partial charge < -0.3 is 0 Å². The van der Waals surface area contributed by atoms with Crippen LogP contribution in [0.4, 0.5) is 4.39 Å². The molecule has 0 N–H and O–H groups in total. The maximum atomic E-state index is 13.0. The van der Waals surface area contributed by atoms with Gasteiger partial charge in [0.1, 0.15) is 5.82 Å². The first-order chi connectivity index (χ1) is 5.43. The molecule has 0 aliphatic carbocycles. The van der Waals surface area contributed by atoms with Gasteiger partial charge in [-0.3, -0.25) is 0 Å². The van der Waals surface area contributed by atoms with E-state index in [1.165, 1.54) is 18.2 Å². The Hall–Kier alpha value is 0.310. The fourth-order valence-electron chi connectivity index (χ4n) is 0.769. The van der Waals surface area contributed by atoms with Gasteiger partial charge in [0.15, 0.2) is 0 Å². The van der Waals surface area contributed by atoms with Crippen molar-refractivity contribution in [1.82, 2.24) is 0 Å². The van der Waals surface area contributed by atoms with Gasteiger partial charge in [0, 0.05) is 0 Å². The minimum absolute atomic E-state index is 0.106. The predicted molar refractivity (Wildman–Crippen MR) is 50.6 cm³/mol. The van der Waals surface area contributed by atoms with E-state index >= 15 is 0 Å². The van der Waals surface area contributed by atoms with Crippen molar-refractivity contribution in [2.45, 2.75) is 3.79 Å². The van der Waals surface area contributed by atoms with E-state index in [9.17, 15) is 4.39 Å². The quantitative estimate of drug-likeness (QED) is 0.600. The number of rotatable bonds is 0. The fourth-order valence-corrected chi connectivity index (χ4v) is 1.79. The van der Waals surface area contributed by atoms with Crippen LogP contribution in [0.5, 0.6) is 0 Å². The molecule has 12 heavy (non-hydrogen) atoms. The summed E-state index contributed by atoms with van der Waals surface area (Å²) in [6.45, 7) is 0. The summed E-state index contributed by atoms with van der Waals surface area (Å²) < 4.78 is 11.2. The average Bonchev–Trinajstić information content (AvgIpc) is 1.82. The number of benzene rings is 1. The van der Waals surface area contributed by atoms with Crippen LogP contribution >= 0.6 is 46.4 Å². The van der Waals surface area contributed by atoms with Gasteiger partial charge in [0.2, 0.25) is 3.79 Å². The van der Waals surface area contributed by atoms with Crippen molar-refractivity contribution < 1.29 is 4.39 Å². The van der Waals surface area contributed by atoms with Crippen LogP contribution in [0.3, 0.4) is 0 Å².